The number of hydrogen-bond acceptors (Lipinski definition) is 6. The third kappa shape index (κ3) is 7.40. The maximum absolute atomic E-state index is 12.6. The third-order valence-corrected chi connectivity index (χ3v) is 4.58. The van der Waals surface area contributed by atoms with Gasteiger partial charge in [-0.05, 0) is 47.7 Å². The van der Waals surface area contributed by atoms with Crippen molar-refractivity contribution in [3.05, 3.63) is 11.8 Å². The van der Waals surface area contributed by atoms with Crippen LogP contribution in [0.2, 0.25) is 0 Å². The number of methoxy groups -OCH3 is 1. The molecule has 1 aromatic heterocycles. The van der Waals surface area contributed by atoms with Crippen LogP contribution in [0.5, 0.6) is 0 Å². The van der Waals surface area contributed by atoms with Crippen LogP contribution < -0.4 is 5.32 Å². The molecular weight excluding hydrogens is 379 g/mol. The fraction of sp³-hybridized carbons (Fsp3) is 0.778. The highest BCUT2D eigenvalue weighted by Crippen LogP contribution is 2.27. The highest BCUT2D eigenvalue weighted by Gasteiger charge is 2.34. The van der Waals surface area contributed by atoms with Gasteiger partial charge in [-0.2, -0.15) is 13.2 Å². The lowest BCUT2D eigenvalue weighted by atomic mass is 10.0. The number of anilines is 1. The van der Waals surface area contributed by atoms with Crippen LogP contribution in [0.1, 0.15) is 46.2 Å². The molecule has 0 spiro atoms. The molecule has 162 valence electrons. The van der Waals surface area contributed by atoms with Crippen LogP contribution in [0, 0.1) is 0 Å². The fourth-order valence-corrected chi connectivity index (χ4v) is 2.31. The third-order valence-electron chi connectivity index (χ3n) is 4.58. The van der Waals surface area contributed by atoms with Crippen LogP contribution in [0.15, 0.2) is 10.6 Å². The molecule has 1 rings (SSSR count). The number of halogens is 3. The number of rotatable bonds is 11. The molecule has 1 amide bonds. The van der Waals surface area contributed by atoms with Gasteiger partial charge in [0.2, 0.25) is 11.8 Å². The maximum atomic E-state index is 12.6. The molecule has 1 aromatic rings. The Balaban J connectivity index is 2.67. The average Bonchev–Trinajstić information content (AvgIpc) is 3.03. The average molecular weight is 409 g/mol. The molecule has 10 heteroatoms. The summed E-state index contributed by atoms with van der Waals surface area (Å²) in [5, 5.41) is 6.55. The molecule has 0 aromatic carbocycles. The summed E-state index contributed by atoms with van der Waals surface area (Å²) < 4.78 is 52.7. The molecule has 0 fully saturated rings. The van der Waals surface area contributed by atoms with Gasteiger partial charge < -0.3 is 14.0 Å². The summed E-state index contributed by atoms with van der Waals surface area (Å²) in [5.74, 6) is -0.275. The molecule has 0 aliphatic heterocycles. The smallest absolute Gasteiger partial charge is 0.382 e. The monoisotopic (exact) mass is 409 g/mol. The highest BCUT2D eigenvalue weighted by molar-refractivity contribution is 5.96. The molecule has 0 saturated heterocycles. The Morgan fingerprint density at radius 3 is 2.46 bits per heavy atom. The lowest BCUT2D eigenvalue weighted by molar-refractivity contribution is -0.137. The van der Waals surface area contributed by atoms with E-state index >= 15 is 0 Å². The second-order valence-electron chi connectivity index (χ2n) is 7.58. The minimum absolute atomic E-state index is 0.0871. The first kappa shape index (κ1) is 24.4. The van der Waals surface area contributed by atoms with Crippen molar-refractivity contribution in [2.75, 3.05) is 39.2 Å². The molecule has 7 nitrogen and oxygen atoms in total. The number of carbonyl (C=O) groups is 1. The minimum atomic E-state index is -4.21. The fourth-order valence-electron chi connectivity index (χ4n) is 2.31. The van der Waals surface area contributed by atoms with Gasteiger partial charge in [-0.1, -0.05) is 5.16 Å². The Morgan fingerprint density at radius 2 is 1.89 bits per heavy atom. The number of aromatic nitrogens is 1. The predicted octanol–water partition coefficient (Wildman–Crippen LogP) is 3.56. The molecule has 0 radical (unpaired) electrons. The van der Waals surface area contributed by atoms with Crippen molar-refractivity contribution >= 4 is 11.8 Å². The van der Waals surface area contributed by atoms with Gasteiger partial charge in [0.1, 0.15) is 11.3 Å². The molecule has 28 heavy (non-hydrogen) atoms. The predicted molar refractivity (Wildman–Crippen MR) is 98.0 cm³/mol. The largest absolute Gasteiger partial charge is 0.389 e. The second kappa shape index (κ2) is 9.71. The first-order valence-electron chi connectivity index (χ1n) is 8.99. The number of nitrogens with zero attached hydrogens (tertiary/aromatic N) is 2. The summed E-state index contributed by atoms with van der Waals surface area (Å²) >= 11 is 0. The standard InChI is InChI=1S/C18H30F3N3O4/c1-16(2,24(5)9-7-8-18(19,20)21)15(25)22-14-12-13(23-28-14)17(3,4)27-11-10-26-6/h12H,7-11H2,1-6H3,(H,22,25). The van der Waals surface area contributed by atoms with Crippen LogP contribution in [0.3, 0.4) is 0 Å². The van der Waals surface area contributed by atoms with Crippen molar-refractivity contribution in [3.8, 4) is 0 Å². The van der Waals surface area contributed by atoms with Gasteiger partial charge in [0.15, 0.2) is 0 Å². The molecule has 0 atom stereocenters. The van der Waals surface area contributed by atoms with E-state index in [1.54, 1.807) is 39.0 Å². The SMILES string of the molecule is COCCOC(C)(C)c1cc(NC(=O)C(C)(C)N(C)CCCC(F)(F)F)on1. The van der Waals surface area contributed by atoms with Crippen LogP contribution in [0.4, 0.5) is 19.1 Å². The van der Waals surface area contributed by atoms with Gasteiger partial charge in [-0.3, -0.25) is 15.0 Å². The molecule has 0 unspecified atom stereocenters. The van der Waals surface area contributed by atoms with Crippen LogP contribution in [0.25, 0.3) is 0 Å². The van der Waals surface area contributed by atoms with E-state index in [1.807, 2.05) is 13.8 Å². The van der Waals surface area contributed by atoms with Crippen molar-refractivity contribution in [3.63, 3.8) is 0 Å². The van der Waals surface area contributed by atoms with Gasteiger partial charge in [-0.15, -0.1) is 0 Å². The topological polar surface area (TPSA) is 76.8 Å². The van der Waals surface area contributed by atoms with Gasteiger partial charge in [0, 0.05) is 19.6 Å². The zero-order valence-corrected chi connectivity index (χ0v) is 17.3. The second-order valence-corrected chi connectivity index (χ2v) is 7.58. The zero-order chi connectivity index (χ0) is 21.6. The molecule has 0 aliphatic rings. The first-order valence-corrected chi connectivity index (χ1v) is 8.99. The highest BCUT2D eigenvalue weighted by atomic mass is 19.4. The molecule has 0 aliphatic carbocycles. The summed E-state index contributed by atoms with van der Waals surface area (Å²) in [7, 11) is 3.18. The van der Waals surface area contributed by atoms with Crippen LogP contribution in [-0.4, -0.2) is 61.6 Å². The number of amides is 1. The van der Waals surface area contributed by atoms with E-state index in [4.69, 9.17) is 14.0 Å². The number of carbonyl (C=O) groups excluding carboxylic acids is 1. The van der Waals surface area contributed by atoms with Gasteiger partial charge in [0.25, 0.3) is 0 Å². The zero-order valence-electron chi connectivity index (χ0n) is 17.3. The van der Waals surface area contributed by atoms with E-state index in [0.29, 0.717) is 18.9 Å². The summed E-state index contributed by atoms with van der Waals surface area (Å²) in [6, 6.07) is 1.56. The maximum Gasteiger partial charge on any atom is 0.389 e. The van der Waals surface area contributed by atoms with Gasteiger partial charge >= 0.3 is 6.18 Å². The molecule has 1 heterocycles. The number of nitrogens with one attached hydrogen (secondary N) is 1. The van der Waals surface area contributed by atoms with E-state index < -0.39 is 29.6 Å². The summed E-state index contributed by atoms with van der Waals surface area (Å²) in [5.41, 5.74) is -1.28. The van der Waals surface area contributed by atoms with Crippen molar-refractivity contribution < 1.29 is 32.0 Å². The van der Waals surface area contributed by atoms with Gasteiger partial charge in [0.05, 0.1) is 18.8 Å². The van der Waals surface area contributed by atoms with E-state index in [0.717, 1.165) is 0 Å². The number of ether oxygens (including phenoxy) is 2. The van der Waals surface area contributed by atoms with Crippen molar-refractivity contribution in [2.24, 2.45) is 0 Å². The quantitative estimate of drug-likeness (QED) is 0.563. The Bertz CT molecular complexity index is 630. The first-order chi connectivity index (χ1) is 12.8. The van der Waals surface area contributed by atoms with Crippen molar-refractivity contribution in [2.45, 2.75) is 57.9 Å². The lowest BCUT2D eigenvalue weighted by Gasteiger charge is -2.33. The van der Waals surface area contributed by atoms with E-state index in [-0.39, 0.29) is 18.8 Å². The molecular formula is C18H30F3N3O4. The van der Waals surface area contributed by atoms with Crippen LogP contribution in [-0.2, 0) is 19.9 Å². The van der Waals surface area contributed by atoms with Crippen LogP contribution >= 0.6 is 0 Å². The Labute approximate surface area is 163 Å². The van der Waals surface area contributed by atoms with E-state index in [9.17, 15) is 18.0 Å². The molecule has 1 N–H and O–H groups in total. The summed E-state index contributed by atoms with van der Waals surface area (Å²) in [6.45, 7) is 7.81. The van der Waals surface area contributed by atoms with Crippen molar-refractivity contribution in [1.29, 1.82) is 0 Å². The van der Waals surface area contributed by atoms with Crippen molar-refractivity contribution in [1.82, 2.24) is 10.1 Å². The Morgan fingerprint density at radius 1 is 1.25 bits per heavy atom. The van der Waals surface area contributed by atoms with Gasteiger partial charge in [-0.25, -0.2) is 0 Å². The Kier molecular flexibility index (Phi) is 8.45. The summed E-state index contributed by atoms with van der Waals surface area (Å²) in [6.07, 6.45) is -5.18. The van der Waals surface area contributed by atoms with E-state index in [1.165, 1.54) is 0 Å². The summed E-state index contributed by atoms with van der Waals surface area (Å²) in [4.78, 5) is 14.2. The normalized spacial score (nSPS) is 13.2. The van der Waals surface area contributed by atoms with E-state index in [2.05, 4.69) is 10.5 Å². The number of hydrogen-bond donors (Lipinski definition) is 1. The lowest BCUT2D eigenvalue weighted by Crippen LogP contribution is -2.51. The molecule has 0 bridgehead atoms. The minimum Gasteiger partial charge on any atom is -0.382 e. The Hall–Kier alpha value is -1.65. The number of likely N-dealkylation sites (N-methyl/N-ethyl adjacent to an activating group) is 1. The molecule has 0 saturated carbocycles. The number of alkyl halides is 3.